The maximum Gasteiger partial charge on any atom is 0.255 e. The summed E-state index contributed by atoms with van der Waals surface area (Å²) in [7, 11) is 0. The lowest BCUT2D eigenvalue weighted by Gasteiger charge is -2.22. The van der Waals surface area contributed by atoms with Gasteiger partial charge < -0.3 is 10.2 Å². The number of aromatic nitrogens is 1. The van der Waals surface area contributed by atoms with E-state index in [1.807, 2.05) is 50.4 Å². The van der Waals surface area contributed by atoms with E-state index in [0.717, 1.165) is 34.2 Å². The molecule has 0 aliphatic carbocycles. The van der Waals surface area contributed by atoms with Crippen molar-refractivity contribution in [1.82, 2.24) is 15.2 Å². The predicted octanol–water partition coefficient (Wildman–Crippen LogP) is 4.12. The lowest BCUT2D eigenvalue weighted by molar-refractivity contribution is -0.121. The fourth-order valence-electron chi connectivity index (χ4n) is 2.58. The van der Waals surface area contributed by atoms with Crippen LogP contribution in [0.25, 0.3) is 0 Å². The zero-order valence-electron chi connectivity index (χ0n) is 16.2. The highest BCUT2D eigenvalue weighted by atomic mass is 32.2. The minimum absolute atomic E-state index is 0.0942. The minimum Gasteiger partial charge on any atom is -0.355 e. The van der Waals surface area contributed by atoms with E-state index in [0.29, 0.717) is 18.7 Å². The number of carbonyl (C=O) groups is 2. The monoisotopic (exact) mass is 405 g/mol. The minimum atomic E-state index is -0.110. The van der Waals surface area contributed by atoms with Crippen LogP contribution < -0.4 is 5.32 Å². The van der Waals surface area contributed by atoms with Gasteiger partial charge in [0.25, 0.3) is 5.91 Å². The van der Waals surface area contributed by atoms with Crippen LogP contribution in [0, 0.1) is 6.92 Å². The molecule has 1 N–H and O–H groups in total. The Kier molecular flexibility index (Phi) is 8.81. The summed E-state index contributed by atoms with van der Waals surface area (Å²) in [6.45, 7) is 7.29. The molecule has 27 heavy (non-hydrogen) atoms. The second-order valence-electron chi connectivity index (χ2n) is 6.22. The van der Waals surface area contributed by atoms with Gasteiger partial charge in [0.2, 0.25) is 5.91 Å². The number of amides is 2. The Hall–Kier alpha value is -1.86. The van der Waals surface area contributed by atoms with E-state index in [9.17, 15) is 9.59 Å². The Balaban J connectivity index is 2.11. The Labute approximate surface area is 169 Å². The molecule has 1 aromatic heterocycles. The van der Waals surface area contributed by atoms with E-state index in [4.69, 9.17) is 0 Å². The normalized spacial score (nSPS) is 10.6. The molecule has 0 bridgehead atoms. The van der Waals surface area contributed by atoms with Crippen molar-refractivity contribution in [3.63, 3.8) is 0 Å². The smallest absolute Gasteiger partial charge is 0.255 e. The highest BCUT2D eigenvalue weighted by Gasteiger charge is 2.20. The fraction of sp³-hybridized carbons (Fsp3) is 0.450. The number of rotatable bonds is 10. The van der Waals surface area contributed by atoms with Crippen LogP contribution in [0.2, 0.25) is 0 Å². The third-order valence-electron chi connectivity index (χ3n) is 3.85. The summed E-state index contributed by atoms with van der Waals surface area (Å²) in [5, 5.41) is 5.94. The number of thioether (sulfide) groups is 1. The van der Waals surface area contributed by atoms with Gasteiger partial charge in [-0.25, -0.2) is 4.98 Å². The molecule has 7 heteroatoms. The molecular formula is C20H27N3O2S2. The van der Waals surface area contributed by atoms with Crippen LogP contribution in [0.15, 0.2) is 34.5 Å². The van der Waals surface area contributed by atoms with Crippen LogP contribution in [0.3, 0.4) is 0 Å². The SMILES string of the molecule is CCCNC(=O)CN(CCC)C(=O)c1ccccc1SCc1csc(C)n1. The van der Waals surface area contributed by atoms with Gasteiger partial charge in [0.15, 0.2) is 0 Å². The maximum atomic E-state index is 13.1. The van der Waals surface area contributed by atoms with Crippen molar-refractivity contribution in [2.24, 2.45) is 0 Å². The molecule has 1 aromatic carbocycles. The van der Waals surface area contributed by atoms with E-state index in [1.165, 1.54) is 0 Å². The van der Waals surface area contributed by atoms with Gasteiger partial charge in [-0.1, -0.05) is 26.0 Å². The highest BCUT2D eigenvalue weighted by Crippen LogP contribution is 2.27. The second-order valence-corrected chi connectivity index (χ2v) is 8.30. The lowest BCUT2D eigenvalue weighted by Crippen LogP contribution is -2.41. The Morgan fingerprint density at radius 2 is 2.00 bits per heavy atom. The molecule has 2 aromatic rings. The van der Waals surface area contributed by atoms with Crippen molar-refractivity contribution < 1.29 is 9.59 Å². The molecule has 0 fully saturated rings. The van der Waals surface area contributed by atoms with Crippen molar-refractivity contribution in [3.8, 4) is 0 Å². The van der Waals surface area contributed by atoms with Gasteiger partial charge in [0, 0.05) is 29.1 Å². The zero-order valence-corrected chi connectivity index (χ0v) is 17.8. The molecule has 0 radical (unpaired) electrons. The molecule has 0 unspecified atom stereocenters. The number of carbonyl (C=O) groups excluding carboxylic acids is 2. The van der Waals surface area contributed by atoms with Crippen molar-refractivity contribution in [3.05, 3.63) is 45.9 Å². The molecule has 0 spiro atoms. The van der Waals surface area contributed by atoms with Crippen molar-refractivity contribution in [2.45, 2.75) is 44.3 Å². The Morgan fingerprint density at radius 3 is 2.67 bits per heavy atom. The molecule has 0 saturated heterocycles. The van der Waals surface area contributed by atoms with Gasteiger partial charge in [0.1, 0.15) is 0 Å². The molecule has 5 nitrogen and oxygen atoms in total. The number of hydrogen-bond acceptors (Lipinski definition) is 5. The number of hydrogen-bond donors (Lipinski definition) is 1. The first-order valence-electron chi connectivity index (χ1n) is 9.24. The number of nitrogens with zero attached hydrogens (tertiary/aromatic N) is 2. The van der Waals surface area contributed by atoms with Crippen molar-refractivity contribution in [2.75, 3.05) is 19.6 Å². The predicted molar refractivity (Wildman–Crippen MR) is 112 cm³/mol. The molecule has 0 aliphatic rings. The van der Waals surface area contributed by atoms with Gasteiger partial charge in [-0.15, -0.1) is 23.1 Å². The molecule has 0 atom stereocenters. The average molecular weight is 406 g/mol. The Bertz CT molecular complexity index is 761. The quantitative estimate of drug-likeness (QED) is 0.604. The second kappa shape index (κ2) is 11.1. The maximum absolute atomic E-state index is 13.1. The molecule has 2 amide bonds. The van der Waals surface area contributed by atoms with E-state index in [1.54, 1.807) is 28.0 Å². The fourth-order valence-corrected chi connectivity index (χ4v) is 4.24. The molecule has 0 saturated carbocycles. The lowest BCUT2D eigenvalue weighted by atomic mass is 10.2. The summed E-state index contributed by atoms with van der Waals surface area (Å²) in [6, 6.07) is 7.59. The first kappa shape index (κ1) is 21.4. The van der Waals surface area contributed by atoms with Crippen molar-refractivity contribution in [1.29, 1.82) is 0 Å². The molecule has 2 rings (SSSR count). The number of nitrogens with one attached hydrogen (secondary N) is 1. The number of benzene rings is 1. The summed E-state index contributed by atoms with van der Waals surface area (Å²) < 4.78 is 0. The van der Waals surface area contributed by atoms with Crippen LogP contribution >= 0.6 is 23.1 Å². The van der Waals surface area contributed by atoms with E-state index < -0.39 is 0 Å². The summed E-state index contributed by atoms with van der Waals surface area (Å²) in [5.74, 6) is 0.516. The standard InChI is InChI=1S/C20H27N3O2S2/c1-4-10-21-19(24)12-23(11-5-2)20(25)17-8-6-7-9-18(17)27-14-16-13-26-15(3)22-16/h6-9,13H,4-5,10-12,14H2,1-3H3,(H,21,24). The first-order valence-corrected chi connectivity index (χ1v) is 11.1. The van der Waals surface area contributed by atoms with Crippen molar-refractivity contribution >= 4 is 34.9 Å². The van der Waals surface area contributed by atoms with Gasteiger partial charge >= 0.3 is 0 Å². The summed E-state index contributed by atoms with van der Waals surface area (Å²) in [4.78, 5) is 32.2. The highest BCUT2D eigenvalue weighted by molar-refractivity contribution is 7.98. The third-order valence-corrected chi connectivity index (χ3v) is 5.78. The summed E-state index contributed by atoms with van der Waals surface area (Å²) in [5.41, 5.74) is 1.67. The molecular weight excluding hydrogens is 378 g/mol. The van der Waals surface area contributed by atoms with Crippen LogP contribution in [-0.4, -0.2) is 41.3 Å². The van der Waals surface area contributed by atoms with E-state index in [-0.39, 0.29) is 18.4 Å². The van der Waals surface area contributed by atoms with E-state index >= 15 is 0 Å². The number of aryl methyl sites for hydroxylation is 1. The molecule has 146 valence electrons. The van der Waals surface area contributed by atoms with Gasteiger partial charge in [0.05, 0.1) is 22.8 Å². The largest absolute Gasteiger partial charge is 0.355 e. The topological polar surface area (TPSA) is 62.3 Å². The summed E-state index contributed by atoms with van der Waals surface area (Å²) >= 11 is 3.24. The van der Waals surface area contributed by atoms with Gasteiger partial charge in [-0.05, 0) is 31.9 Å². The van der Waals surface area contributed by atoms with Gasteiger partial charge in [-0.3, -0.25) is 9.59 Å². The van der Waals surface area contributed by atoms with Gasteiger partial charge in [-0.2, -0.15) is 0 Å². The van der Waals surface area contributed by atoms with Crippen LogP contribution in [-0.2, 0) is 10.5 Å². The molecule has 0 aliphatic heterocycles. The van der Waals surface area contributed by atoms with E-state index in [2.05, 4.69) is 10.3 Å². The average Bonchev–Trinajstić information content (AvgIpc) is 3.09. The van der Waals surface area contributed by atoms with Crippen LogP contribution in [0.1, 0.15) is 47.7 Å². The first-order chi connectivity index (χ1) is 13.0. The van der Waals surface area contributed by atoms with Crippen LogP contribution in [0.4, 0.5) is 0 Å². The summed E-state index contributed by atoms with van der Waals surface area (Å²) in [6.07, 6.45) is 1.68. The zero-order chi connectivity index (χ0) is 19.6. The van der Waals surface area contributed by atoms with Crippen LogP contribution in [0.5, 0.6) is 0 Å². The Morgan fingerprint density at radius 1 is 1.22 bits per heavy atom. The molecule has 1 heterocycles. The number of thiazole rings is 1. The third kappa shape index (κ3) is 6.66.